The van der Waals surface area contributed by atoms with E-state index in [0.717, 1.165) is 11.3 Å². The van der Waals surface area contributed by atoms with Crippen LogP contribution in [0.4, 0.5) is 11.4 Å². The number of para-hydroxylation sites is 2. The van der Waals surface area contributed by atoms with Gasteiger partial charge in [0.15, 0.2) is 9.84 Å². The van der Waals surface area contributed by atoms with Crippen molar-refractivity contribution < 1.29 is 18.0 Å². The first-order valence-electron chi connectivity index (χ1n) is 11.4. The summed E-state index contributed by atoms with van der Waals surface area (Å²) >= 11 is 0. The Morgan fingerprint density at radius 1 is 0.667 bits per heavy atom. The van der Waals surface area contributed by atoms with Crippen molar-refractivity contribution in [3.8, 4) is 0 Å². The van der Waals surface area contributed by atoms with Crippen LogP contribution < -0.4 is 10.2 Å². The van der Waals surface area contributed by atoms with Crippen molar-refractivity contribution in [3.63, 3.8) is 0 Å². The van der Waals surface area contributed by atoms with Gasteiger partial charge in [0.2, 0.25) is 5.91 Å². The van der Waals surface area contributed by atoms with Gasteiger partial charge in [0.05, 0.1) is 12.3 Å². The zero-order valence-electron chi connectivity index (χ0n) is 19.6. The van der Waals surface area contributed by atoms with E-state index in [-0.39, 0.29) is 11.7 Å². The predicted octanol–water partition coefficient (Wildman–Crippen LogP) is 5.09. The molecule has 0 aliphatic heterocycles. The molecule has 0 unspecified atom stereocenters. The van der Waals surface area contributed by atoms with Crippen molar-refractivity contribution in [2.24, 2.45) is 0 Å². The Balaban J connectivity index is 1.45. The second-order valence-corrected chi connectivity index (χ2v) is 10.4. The highest BCUT2D eigenvalue weighted by atomic mass is 32.2. The summed E-state index contributed by atoms with van der Waals surface area (Å²) in [5.41, 5.74) is 3.25. The van der Waals surface area contributed by atoms with E-state index >= 15 is 0 Å². The van der Waals surface area contributed by atoms with Crippen LogP contribution in [0.2, 0.25) is 0 Å². The normalized spacial score (nSPS) is 11.0. The number of sulfone groups is 1. The monoisotopic (exact) mass is 498 g/mol. The molecule has 0 spiro atoms. The minimum Gasteiger partial charge on any atom is -0.325 e. The van der Waals surface area contributed by atoms with Gasteiger partial charge in [-0.1, -0.05) is 78.9 Å². The Kier molecular flexibility index (Phi) is 7.92. The summed E-state index contributed by atoms with van der Waals surface area (Å²) in [6.07, 6.45) is 0. The lowest BCUT2D eigenvalue weighted by Crippen LogP contribution is -2.30. The zero-order chi connectivity index (χ0) is 25.4. The number of nitrogens with one attached hydrogen (secondary N) is 1. The van der Waals surface area contributed by atoms with E-state index in [1.165, 1.54) is 0 Å². The van der Waals surface area contributed by atoms with E-state index < -0.39 is 21.5 Å². The molecule has 7 heteroatoms. The average molecular weight is 499 g/mol. The second kappa shape index (κ2) is 11.5. The molecule has 36 heavy (non-hydrogen) atoms. The lowest BCUT2D eigenvalue weighted by Gasteiger charge is -2.23. The topological polar surface area (TPSA) is 83.5 Å². The maximum atomic E-state index is 13.4. The molecular weight excluding hydrogens is 472 g/mol. The molecule has 0 saturated heterocycles. The van der Waals surface area contributed by atoms with E-state index in [0.29, 0.717) is 23.4 Å². The molecule has 0 bridgehead atoms. The van der Waals surface area contributed by atoms with Crippen LogP contribution in [0.3, 0.4) is 0 Å². The number of anilines is 2. The quantitative estimate of drug-likeness (QED) is 0.349. The van der Waals surface area contributed by atoms with Crippen molar-refractivity contribution in [3.05, 3.63) is 132 Å². The zero-order valence-corrected chi connectivity index (χ0v) is 20.4. The third-order valence-corrected chi connectivity index (χ3v) is 6.97. The first kappa shape index (κ1) is 24.9. The molecule has 0 fully saturated rings. The highest BCUT2D eigenvalue weighted by Gasteiger charge is 2.20. The van der Waals surface area contributed by atoms with Crippen LogP contribution in [-0.4, -0.2) is 26.0 Å². The predicted molar refractivity (Wildman–Crippen MR) is 142 cm³/mol. The average Bonchev–Trinajstić information content (AvgIpc) is 2.88. The fourth-order valence-corrected chi connectivity index (χ4v) is 5.05. The van der Waals surface area contributed by atoms with Gasteiger partial charge in [0.25, 0.3) is 5.91 Å². The Morgan fingerprint density at radius 2 is 1.22 bits per heavy atom. The summed E-state index contributed by atoms with van der Waals surface area (Å²) in [4.78, 5) is 27.3. The molecule has 0 atom stereocenters. The van der Waals surface area contributed by atoms with Crippen molar-refractivity contribution >= 4 is 33.0 Å². The molecule has 4 aromatic carbocycles. The Labute approximate surface area is 211 Å². The molecule has 6 nitrogen and oxygen atoms in total. The summed E-state index contributed by atoms with van der Waals surface area (Å²) in [7, 11) is -3.69. The molecule has 182 valence electrons. The third kappa shape index (κ3) is 6.90. The van der Waals surface area contributed by atoms with Gasteiger partial charge in [-0.15, -0.1) is 0 Å². The van der Waals surface area contributed by atoms with E-state index in [9.17, 15) is 18.0 Å². The number of amides is 2. The number of hydrogen-bond acceptors (Lipinski definition) is 4. The van der Waals surface area contributed by atoms with Gasteiger partial charge in [-0.3, -0.25) is 9.59 Å². The van der Waals surface area contributed by atoms with Crippen LogP contribution in [0.1, 0.15) is 21.5 Å². The van der Waals surface area contributed by atoms with Crippen LogP contribution in [0.15, 0.2) is 115 Å². The number of carbonyl (C=O) groups is 2. The molecule has 0 aliphatic carbocycles. The Hall–Kier alpha value is -4.23. The molecule has 4 rings (SSSR count). The molecule has 0 aromatic heterocycles. The number of benzene rings is 4. The Morgan fingerprint density at radius 3 is 1.83 bits per heavy atom. The van der Waals surface area contributed by atoms with E-state index in [2.05, 4.69) is 5.32 Å². The van der Waals surface area contributed by atoms with Gasteiger partial charge < -0.3 is 10.2 Å². The third-order valence-electron chi connectivity index (χ3n) is 5.49. The molecule has 4 aromatic rings. The van der Waals surface area contributed by atoms with Crippen LogP contribution in [0.5, 0.6) is 0 Å². The number of carbonyl (C=O) groups excluding carboxylic acids is 2. The standard InChI is InChI=1S/C29H26N2O4S/c32-28(30-26-12-6-2-7-13-26)22-36(34,35)21-24-16-18-25(19-17-24)29(33)31(27-14-8-3-9-15-27)20-23-10-4-1-5-11-23/h1-19H,20-22H2,(H,30,32). The molecule has 1 N–H and O–H groups in total. The smallest absolute Gasteiger partial charge is 0.258 e. The number of hydrogen-bond donors (Lipinski definition) is 1. The first-order chi connectivity index (χ1) is 17.4. The van der Waals surface area contributed by atoms with Crippen LogP contribution in [0.25, 0.3) is 0 Å². The van der Waals surface area contributed by atoms with Crippen molar-refractivity contribution in [1.82, 2.24) is 0 Å². The molecule has 0 heterocycles. The first-order valence-corrected chi connectivity index (χ1v) is 13.3. The van der Waals surface area contributed by atoms with E-state index in [4.69, 9.17) is 0 Å². The minimum atomic E-state index is -3.69. The van der Waals surface area contributed by atoms with Gasteiger partial charge in [-0.2, -0.15) is 0 Å². The molecule has 0 radical (unpaired) electrons. The maximum Gasteiger partial charge on any atom is 0.258 e. The van der Waals surface area contributed by atoms with Gasteiger partial charge in [0, 0.05) is 16.9 Å². The molecule has 0 saturated carbocycles. The fourth-order valence-electron chi connectivity index (χ4n) is 3.78. The molecule has 0 aliphatic rings. The highest BCUT2D eigenvalue weighted by molar-refractivity contribution is 7.91. The van der Waals surface area contributed by atoms with Gasteiger partial charge in [0.1, 0.15) is 5.75 Å². The van der Waals surface area contributed by atoms with Gasteiger partial charge >= 0.3 is 0 Å². The lowest BCUT2D eigenvalue weighted by molar-refractivity contribution is -0.113. The second-order valence-electron chi connectivity index (χ2n) is 8.36. The van der Waals surface area contributed by atoms with Crippen LogP contribution in [0, 0.1) is 0 Å². The van der Waals surface area contributed by atoms with Crippen LogP contribution in [-0.2, 0) is 26.9 Å². The van der Waals surface area contributed by atoms with Gasteiger partial charge in [-0.25, -0.2) is 8.42 Å². The summed E-state index contributed by atoms with van der Waals surface area (Å²) < 4.78 is 25.2. The van der Waals surface area contributed by atoms with Crippen molar-refractivity contribution in [2.75, 3.05) is 16.0 Å². The highest BCUT2D eigenvalue weighted by Crippen LogP contribution is 2.21. The fraction of sp³-hybridized carbons (Fsp3) is 0.103. The lowest BCUT2D eigenvalue weighted by atomic mass is 10.1. The van der Waals surface area contributed by atoms with Crippen LogP contribution >= 0.6 is 0 Å². The number of nitrogens with zero attached hydrogens (tertiary/aromatic N) is 1. The van der Waals surface area contributed by atoms with Crippen molar-refractivity contribution in [1.29, 1.82) is 0 Å². The largest absolute Gasteiger partial charge is 0.325 e. The SMILES string of the molecule is O=C(CS(=O)(=O)Cc1ccc(C(=O)N(Cc2ccccc2)c2ccccc2)cc1)Nc1ccccc1. The molecular formula is C29H26N2O4S. The van der Waals surface area contributed by atoms with Crippen molar-refractivity contribution in [2.45, 2.75) is 12.3 Å². The summed E-state index contributed by atoms with van der Waals surface area (Å²) in [6, 6.07) is 34.3. The summed E-state index contributed by atoms with van der Waals surface area (Å²) in [5.74, 6) is -1.70. The summed E-state index contributed by atoms with van der Waals surface area (Å²) in [6.45, 7) is 0.399. The molecule has 2 amide bonds. The van der Waals surface area contributed by atoms with E-state index in [1.54, 1.807) is 53.4 Å². The van der Waals surface area contributed by atoms with E-state index in [1.807, 2.05) is 66.7 Å². The van der Waals surface area contributed by atoms with Gasteiger partial charge in [-0.05, 0) is 47.5 Å². The number of rotatable bonds is 9. The Bertz CT molecular complexity index is 1410. The minimum absolute atomic E-state index is 0.193. The maximum absolute atomic E-state index is 13.4. The summed E-state index contributed by atoms with van der Waals surface area (Å²) in [5, 5.41) is 2.59.